The van der Waals surface area contributed by atoms with Crippen molar-refractivity contribution in [3.63, 3.8) is 0 Å². The molecule has 0 amide bonds. The van der Waals surface area contributed by atoms with Crippen LogP contribution in [0.25, 0.3) is 0 Å². The monoisotopic (exact) mass is 228 g/mol. The number of allylic oxidation sites excluding steroid dienone is 3. The second-order valence-electron chi connectivity index (χ2n) is 4.63. The minimum Gasteiger partial charge on any atom is -0.0625 e. The second kappa shape index (κ2) is 5.92. The highest BCUT2D eigenvalue weighted by atomic mass is 33.1. The van der Waals surface area contributed by atoms with E-state index in [-0.39, 0.29) is 0 Å². The van der Waals surface area contributed by atoms with Gasteiger partial charge in [-0.25, -0.2) is 0 Å². The molecule has 0 saturated carbocycles. The van der Waals surface area contributed by atoms with Gasteiger partial charge >= 0.3 is 0 Å². The van der Waals surface area contributed by atoms with Crippen LogP contribution in [0.1, 0.15) is 40.5 Å². The van der Waals surface area contributed by atoms with Gasteiger partial charge in [0.05, 0.1) is 0 Å². The summed E-state index contributed by atoms with van der Waals surface area (Å²) in [5.41, 5.74) is 1.57. The molecule has 0 atom stereocenters. The van der Waals surface area contributed by atoms with Crippen LogP contribution < -0.4 is 0 Å². The maximum Gasteiger partial charge on any atom is -0.000386 e. The van der Waals surface area contributed by atoms with Gasteiger partial charge in [-0.15, -0.1) is 0 Å². The van der Waals surface area contributed by atoms with Crippen LogP contribution in [0.4, 0.5) is 0 Å². The molecule has 80 valence electrons. The van der Waals surface area contributed by atoms with Gasteiger partial charge in [-0.05, 0) is 40.6 Å². The van der Waals surface area contributed by atoms with Gasteiger partial charge in [-0.2, -0.15) is 0 Å². The fourth-order valence-electron chi connectivity index (χ4n) is 1.50. The SMILES string of the molecule is CC(C)CC1=C(CC(C)C)SSC=C1. The maximum absolute atomic E-state index is 2.30. The summed E-state index contributed by atoms with van der Waals surface area (Å²) in [6, 6.07) is 0. The molecule has 0 aliphatic carbocycles. The molecule has 0 saturated heterocycles. The van der Waals surface area contributed by atoms with E-state index in [1.807, 2.05) is 21.6 Å². The zero-order valence-corrected chi connectivity index (χ0v) is 11.2. The zero-order chi connectivity index (χ0) is 10.6. The lowest BCUT2D eigenvalue weighted by atomic mass is 9.99. The Balaban J connectivity index is 2.70. The van der Waals surface area contributed by atoms with E-state index in [2.05, 4.69) is 39.2 Å². The molecule has 0 radical (unpaired) electrons. The van der Waals surface area contributed by atoms with Crippen LogP contribution in [0.3, 0.4) is 0 Å². The van der Waals surface area contributed by atoms with Crippen molar-refractivity contribution >= 4 is 21.6 Å². The normalized spacial score (nSPS) is 17.3. The third-order valence-corrected chi connectivity index (χ3v) is 4.25. The van der Waals surface area contributed by atoms with Gasteiger partial charge in [-0.1, -0.05) is 55.4 Å². The summed E-state index contributed by atoms with van der Waals surface area (Å²) < 4.78 is 0. The Morgan fingerprint density at radius 1 is 1.07 bits per heavy atom. The van der Waals surface area contributed by atoms with Gasteiger partial charge in [0.1, 0.15) is 0 Å². The van der Waals surface area contributed by atoms with Gasteiger partial charge in [-0.3, -0.25) is 0 Å². The Morgan fingerprint density at radius 3 is 2.29 bits per heavy atom. The lowest BCUT2D eigenvalue weighted by Gasteiger charge is -2.17. The van der Waals surface area contributed by atoms with Crippen molar-refractivity contribution in [3.8, 4) is 0 Å². The lowest BCUT2D eigenvalue weighted by Crippen LogP contribution is -1.97. The topological polar surface area (TPSA) is 0 Å². The van der Waals surface area contributed by atoms with Crippen molar-refractivity contribution in [2.24, 2.45) is 11.8 Å². The fraction of sp³-hybridized carbons (Fsp3) is 0.667. The Hall–Kier alpha value is 0.180. The minimum absolute atomic E-state index is 0.764. The highest BCUT2D eigenvalue weighted by molar-refractivity contribution is 8.79. The molecule has 0 N–H and O–H groups in total. The molecular formula is C12H20S2. The Kier molecular flexibility index (Phi) is 5.18. The Morgan fingerprint density at radius 2 is 1.71 bits per heavy atom. The van der Waals surface area contributed by atoms with Gasteiger partial charge in [0.2, 0.25) is 0 Å². The summed E-state index contributed by atoms with van der Waals surface area (Å²) in [5, 5.41) is 2.21. The van der Waals surface area contributed by atoms with Crippen molar-refractivity contribution in [3.05, 3.63) is 22.0 Å². The van der Waals surface area contributed by atoms with Crippen LogP contribution in [-0.4, -0.2) is 0 Å². The van der Waals surface area contributed by atoms with Crippen molar-refractivity contribution in [1.82, 2.24) is 0 Å². The zero-order valence-electron chi connectivity index (χ0n) is 9.54. The first-order valence-electron chi connectivity index (χ1n) is 5.31. The van der Waals surface area contributed by atoms with Crippen LogP contribution in [-0.2, 0) is 0 Å². The largest absolute Gasteiger partial charge is 0.0625 e. The smallest absolute Gasteiger partial charge is 0.000386 e. The van der Waals surface area contributed by atoms with Crippen LogP contribution in [0.5, 0.6) is 0 Å². The molecule has 0 aromatic rings. The first kappa shape index (κ1) is 12.3. The van der Waals surface area contributed by atoms with Crippen LogP contribution >= 0.6 is 21.6 Å². The first-order valence-corrected chi connectivity index (χ1v) is 7.52. The highest BCUT2D eigenvalue weighted by Crippen LogP contribution is 2.42. The predicted octanol–water partition coefficient (Wildman–Crippen LogP) is 5.24. The molecule has 1 rings (SSSR count). The molecule has 0 aromatic carbocycles. The molecule has 1 aliphatic rings. The van der Waals surface area contributed by atoms with E-state index < -0.39 is 0 Å². The van der Waals surface area contributed by atoms with E-state index in [0.29, 0.717) is 0 Å². The summed E-state index contributed by atoms with van der Waals surface area (Å²) in [5.74, 6) is 1.53. The fourth-order valence-corrected chi connectivity index (χ4v) is 3.76. The van der Waals surface area contributed by atoms with E-state index >= 15 is 0 Å². The quantitative estimate of drug-likeness (QED) is 0.603. The summed E-state index contributed by atoms with van der Waals surface area (Å²) in [4.78, 5) is 1.60. The second-order valence-corrected chi connectivity index (χ2v) is 6.83. The highest BCUT2D eigenvalue weighted by Gasteiger charge is 2.12. The molecule has 0 aromatic heterocycles. The molecule has 1 aliphatic heterocycles. The third-order valence-electron chi connectivity index (χ3n) is 2.05. The molecule has 14 heavy (non-hydrogen) atoms. The average molecular weight is 228 g/mol. The van der Waals surface area contributed by atoms with Crippen LogP contribution in [0.2, 0.25) is 0 Å². The standard InChI is InChI=1S/C12H20S2/c1-9(2)7-11-5-6-13-14-12(11)8-10(3)4/h5-6,9-10H,7-8H2,1-4H3. The van der Waals surface area contributed by atoms with Gasteiger partial charge in [0, 0.05) is 0 Å². The Labute approximate surface area is 96.0 Å². The maximum atomic E-state index is 2.30. The molecule has 0 spiro atoms. The molecule has 2 heteroatoms. The van der Waals surface area contributed by atoms with Crippen molar-refractivity contribution < 1.29 is 0 Å². The molecule has 1 heterocycles. The number of hydrogen-bond donors (Lipinski definition) is 0. The third kappa shape index (κ3) is 4.14. The van der Waals surface area contributed by atoms with E-state index in [1.54, 1.807) is 10.5 Å². The summed E-state index contributed by atoms with van der Waals surface area (Å²) >= 11 is 0. The summed E-state index contributed by atoms with van der Waals surface area (Å²) in [6.45, 7) is 9.17. The van der Waals surface area contributed by atoms with Gasteiger partial charge in [0.25, 0.3) is 0 Å². The Bertz CT molecular complexity index is 237. The van der Waals surface area contributed by atoms with E-state index in [1.165, 1.54) is 12.8 Å². The lowest BCUT2D eigenvalue weighted by molar-refractivity contribution is 0.628. The molecular weight excluding hydrogens is 208 g/mol. The predicted molar refractivity (Wildman–Crippen MR) is 70.3 cm³/mol. The van der Waals surface area contributed by atoms with Crippen LogP contribution in [0.15, 0.2) is 22.0 Å². The van der Waals surface area contributed by atoms with E-state index in [4.69, 9.17) is 0 Å². The van der Waals surface area contributed by atoms with Gasteiger partial charge < -0.3 is 0 Å². The van der Waals surface area contributed by atoms with Crippen molar-refractivity contribution in [2.75, 3.05) is 0 Å². The number of rotatable bonds is 4. The van der Waals surface area contributed by atoms with Crippen LogP contribution in [0, 0.1) is 11.8 Å². The number of hydrogen-bond acceptors (Lipinski definition) is 2. The van der Waals surface area contributed by atoms with E-state index in [9.17, 15) is 0 Å². The molecule has 0 fully saturated rings. The first-order chi connectivity index (χ1) is 6.59. The molecule has 0 unspecified atom stereocenters. The molecule has 0 nitrogen and oxygen atoms in total. The summed E-state index contributed by atoms with van der Waals surface area (Å²) in [6.07, 6.45) is 4.77. The van der Waals surface area contributed by atoms with E-state index in [0.717, 1.165) is 11.8 Å². The minimum atomic E-state index is 0.764. The van der Waals surface area contributed by atoms with Gasteiger partial charge in [0.15, 0.2) is 0 Å². The van der Waals surface area contributed by atoms with Crippen molar-refractivity contribution in [2.45, 2.75) is 40.5 Å². The molecule has 0 bridgehead atoms. The van der Waals surface area contributed by atoms with Crippen molar-refractivity contribution in [1.29, 1.82) is 0 Å². The average Bonchev–Trinajstić information content (AvgIpc) is 2.06. The summed E-state index contributed by atoms with van der Waals surface area (Å²) in [7, 11) is 3.81.